The summed E-state index contributed by atoms with van der Waals surface area (Å²) in [4.78, 5) is 33.1. The van der Waals surface area contributed by atoms with Crippen LogP contribution in [0.3, 0.4) is 0 Å². The SMILES string of the molecule is CCOC(=O)C1=C(c2ccccc2)N=c2s/c(=C/c3cc(Br)ccc3OC(C)C)c(=O)n2[C@@H]1c1ccc(OC)cc1. The second-order valence-corrected chi connectivity index (χ2v) is 11.5. The first-order chi connectivity index (χ1) is 19.8. The maximum atomic E-state index is 14.1. The average molecular weight is 634 g/mol. The second kappa shape index (κ2) is 12.3. The number of fused-ring (bicyclic) bond motifs is 1. The van der Waals surface area contributed by atoms with Crippen LogP contribution in [-0.2, 0) is 9.53 Å². The molecule has 4 aromatic rings. The Morgan fingerprint density at radius 3 is 2.49 bits per heavy atom. The third kappa shape index (κ3) is 5.92. The Morgan fingerprint density at radius 1 is 1.10 bits per heavy atom. The van der Waals surface area contributed by atoms with E-state index in [1.807, 2.05) is 92.7 Å². The van der Waals surface area contributed by atoms with Gasteiger partial charge in [0.1, 0.15) is 11.5 Å². The summed E-state index contributed by atoms with van der Waals surface area (Å²) in [5, 5.41) is 0. The molecule has 1 aromatic heterocycles. The number of benzene rings is 3. The van der Waals surface area contributed by atoms with Crippen LogP contribution >= 0.6 is 27.3 Å². The number of esters is 1. The van der Waals surface area contributed by atoms with Crippen LogP contribution < -0.4 is 24.4 Å². The number of carbonyl (C=O) groups is 1. The highest BCUT2D eigenvalue weighted by molar-refractivity contribution is 9.10. The first-order valence-electron chi connectivity index (χ1n) is 13.2. The van der Waals surface area contributed by atoms with Crippen LogP contribution in [0.25, 0.3) is 11.8 Å². The minimum Gasteiger partial charge on any atom is -0.497 e. The number of hydrogen-bond acceptors (Lipinski definition) is 7. The van der Waals surface area contributed by atoms with Crippen LogP contribution in [0.5, 0.6) is 11.5 Å². The average Bonchev–Trinajstić information content (AvgIpc) is 3.28. The van der Waals surface area contributed by atoms with Crippen LogP contribution in [0.1, 0.15) is 43.5 Å². The molecule has 0 amide bonds. The fourth-order valence-electron chi connectivity index (χ4n) is 4.68. The minimum absolute atomic E-state index is 0.0415. The van der Waals surface area contributed by atoms with Gasteiger partial charge in [0.25, 0.3) is 5.56 Å². The molecule has 0 N–H and O–H groups in total. The quantitative estimate of drug-likeness (QED) is 0.240. The van der Waals surface area contributed by atoms with Gasteiger partial charge in [-0.1, -0.05) is 69.7 Å². The molecule has 7 nitrogen and oxygen atoms in total. The van der Waals surface area contributed by atoms with Gasteiger partial charge in [-0.05, 0) is 62.7 Å². The van der Waals surface area contributed by atoms with Crippen LogP contribution in [0, 0.1) is 0 Å². The summed E-state index contributed by atoms with van der Waals surface area (Å²) in [6, 6.07) is 21.7. The highest BCUT2D eigenvalue weighted by Gasteiger charge is 2.35. The van der Waals surface area contributed by atoms with E-state index >= 15 is 0 Å². The van der Waals surface area contributed by atoms with Gasteiger partial charge in [0.15, 0.2) is 4.80 Å². The van der Waals surface area contributed by atoms with Crippen LogP contribution in [0.4, 0.5) is 0 Å². The van der Waals surface area contributed by atoms with Gasteiger partial charge in [0.2, 0.25) is 0 Å². The fraction of sp³-hybridized carbons (Fsp3) is 0.219. The molecule has 0 saturated heterocycles. The Kier molecular flexibility index (Phi) is 8.56. The van der Waals surface area contributed by atoms with Gasteiger partial charge >= 0.3 is 5.97 Å². The van der Waals surface area contributed by atoms with Crippen molar-refractivity contribution in [2.45, 2.75) is 32.9 Å². The number of rotatable bonds is 8. The first-order valence-corrected chi connectivity index (χ1v) is 14.8. The molecule has 0 bridgehead atoms. The Hall–Kier alpha value is -3.95. The molecule has 1 aliphatic rings. The molecule has 0 spiro atoms. The van der Waals surface area contributed by atoms with Gasteiger partial charge in [-0.2, -0.15) is 0 Å². The number of methoxy groups -OCH3 is 1. The van der Waals surface area contributed by atoms with Gasteiger partial charge in [0.05, 0.1) is 41.7 Å². The maximum Gasteiger partial charge on any atom is 0.338 e. The molecule has 0 radical (unpaired) electrons. The van der Waals surface area contributed by atoms with Gasteiger partial charge < -0.3 is 14.2 Å². The lowest BCUT2D eigenvalue weighted by atomic mass is 9.93. The molecule has 0 saturated carbocycles. The van der Waals surface area contributed by atoms with E-state index in [9.17, 15) is 9.59 Å². The van der Waals surface area contributed by atoms with E-state index in [2.05, 4.69) is 15.9 Å². The largest absolute Gasteiger partial charge is 0.497 e. The summed E-state index contributed by atoms with van der Waals surface area (Å²) in [7, 11) is 1.59. The van der Waals surface area contributed by atoms with Crippen molar-refractivity contribution in [1.29, 1.82) is 0 Å². The standard InChI is InChI=1S/C32H29BrN2O5S/c1-5-39-31(37)27-28(20-9-7-6-8-10-20)34-32-35(29(27)21-11-14-24(38-4)15-12-21)30(36)26(41-32)18-22-17-23(33)13-16-25(22)40-19(2)3/h6-19,29H,5H2,1-4H3/b26-18+/t29-/m1/s1. The Labute approximate surface area is 250 Å². The van der Waals surface area contributed by atoms with E-state index < -0.39 is 12.0 Å². The van der Waals surface area contributed by atoms with E-state index in [0.29, 0.717) is 32.1 Å². The molecule has 41 heavy (non-hydrogen) atoms. The number of thiazole rings is 1. The van der Waals surface area contributed by atoms with Crippen molar-refractivity contribution in [3.8, 4) is 11.5 Å². The summed E-state index contributed by atoms with van der Waals surface area (Å²) in [6.45, 7) is 5.85. The molecule has 0 unspecified atom stereocenters. The molecule has 0 aliphatic carbocycles. The molecule has 2 heterocycles. The molecule has 0 fully saturated rings. The van der Waals surface area contributed by atoms with Gasteiger partial charge in [-0.25, -0.2) is 9.79 Å². The molecule has 1 atom stereocenters. The number of carbonyl (C=O) groups excluding carboxylic acids is 1. The van der Waals surface area contributed by atoms with E-state index in [0.717, 1.165) is 21.2 Å². The highest BCUT2D eigenvalue weighted by atomic mass is 79.9. The highest BCUT2D eigenvalue weighted by Crippen LogP contribution is 2.35. The summed E-state index contributed by atoms with van der Waals surface area (Å²) >= 11 is 4.80. The van der Waals surface area contributed by atoms with Crippen molar-refractivity contribution >= 4 is 45.0 Å². The third-order valence-corrected chi connectivity index (χ3v) is 7.90. The molecule has 9 heteroatoms. The number of aromatic nitrogens is 1. The Morgan fingerprint density at radius 2 is 1.83 bits per heavy atom. The lowest BCUT2D eigenvalue weighted by Crippen LogP contribution is -2.40. The number of ether oxygens (including phenoxy) is 3. The van der Waals surface area contributed by atoms with Crippen molar-refractivity contribution in [3.05, 3.63) is 119 Å². The summed E-state index contributed by atoms with van der Waals surface area (Å²) in [5.74, 6) is 0.807. The smallest absolute Gasteiger partial charge is 0.338 e. The Bertz CT molecular complexity index is 1790. The predicted octanol–water partition coefficient (Wildman–Crippen LogP) is 5.49. The maximum absolute atomic E-state index is 14.1. The fourth-order valence-corrected chi connectivity index (χ4v) is 6.05. The molecule has 210 valence electrons. The van der Waals surface area contributed by atoms with Crippen molar-refractivity contribution < 1.29 is 19.0 Å². The lowest BCUT2D eigenvalue weighted by molar-refractivity contribution is -0.138. The van der Waals surface area contributed by atoms with E-state index in [4.69, 9.17) is 19.2 Å². The van der Waals surface area contributed by atoms with Crippen molar-refractivity contribution in [1.82, 2.24) is 4.57 Å². The zero-order valence-corrected chi connectivity index (χ0v) is 25.5. The van der Waals surface area contributed by atoms with Crippen molar-refractivity contribution in [3.63, 3.8) is 0 Å². The second-order valence-electron chi connectivity index (χ2n) is 9.55. The molecular weight excluding hydrogens is 604 g/mol. The predicted molar refractivity (Wildman–Crippen MR) is 164 cm³/mol. The Balaban J connectivity index is 1.81. The number of hydrogen-bond donors (Lipinski definition) is 0. The van der Waals surface area contributed by atoms with Gasteiger partial charge in [0, 0.05) is 15.6 Å². The summed E-state index contributed by atoms with van der Waals surface area (Å²) in [5.41, 5.74) is 2.76. The number of nitrogens with zero attached hydrogens (tertiary/aromatic N) is 2. The third-order valence-electron chi connectivity index (χ3n) is 6.43. The molecule has 1 aliphatic heterocycles. The monoisotopic (exact) mass is 632 g/mol. The van der Waals surface area contributed by atoms with Crippen LogP contribution in [-0.4, -0.2) is 30.4 Å². The van der Waals surface area contributed by atoms with E-state index in [-0.39, 0.29) is 18.3 Å². The topological polar surface area (TPSA) is 79.1 Å². The van der Waals surface area contributed by atoms with Gasteiger partial charge in [-0.3, -0.25) is 9.36 Å². The van der Waals surface area contributed by atoms with Crippen LogP contribution in [0.15, 0.2) is 92.6 Å². The molecular formula is C32H29BrN2O5S. The lowest BCUT2D eigenvalue weighted by Gasteiger charge is -2.26. The van der Waals surface area contributed by atoms with Crippen molar-refractivity contribution in [2.75, 3.05) is 13.7 Å². The minimum atomic E-state index is -0.762. The summed E-state index contributed by atoms with van der Waals surface area (Å²) in [6.07, 6.45) is 1.77. The van der Waals surface area contributed by atoms with Gasteiger partial charge in [-0.15, -0.1) is 0 Å². The van der Waals surface area contributed by atoms with E-state index in [1.165, 1.54) is 11.3 Å². The normalized spacial score (nSPS) is 15.0. The van der Waals surface area contributed by atoms with E-state index in [1.54, 1.807) is 18.6 Å². The zero-order valence-electron chi connectivity index (χ0n) is 23.1. The molecule has 3 aromatic carbocycles. The zero-order chi connectivity index (χ0) is 29.1. The first kappa shape index (κ1) is 28.6. The summed E-state index contributed by atoms with van der Waals surface area (Å²) < 4.78 is 19.8. The molecule has 5 rings (SSSR count). The van der Waals surface area contributed by atoms with Crippen LogP contribution in [0.2, 0.25) is 0 Å². The number of halogens is 1. The van der Waals surface area contributed by atoms with Crippen molar-refractivity contribution in [2.24, 2.45) is 4.99 Å².